The number of allylic oxidation sites excluding steroid dienone is 1. The van der Waals surface area contributed by atoms with Gasteiger partial charge in [0.15, 0.2) is 5.11 Å². The molecule has 1 N–H and O–H groups in total. The maximum atomic E-state index is 13.7. The van der Waals surface area contributed by atoms with Crippen molar-refractivity contribution in [3.05, 3.63) is 77.3 Å². The van der Waals surface area contributed by atoms with Crippen molar-refractivity contribution in [1.82, 2.24) is 20.4 Å². The van der Waals surface area contributed by atoms with Gasteiger partial charge in [-0.05, 0) is 55.4 Å². The van der Waals surface area contributed by atoms with Crippen LogP contribution in [0.1, 0.15) is 50.6 Å². The number of aromatic nitrogens is 2. The summed E-state index contributed by atoms with van der Waals surface area (Å²) in [5, 5.41) is 8.03. The van der Waals surface area contributed by atoms with E-state index in [1.165, 1.54) is 24.3 Å². The molecule has 1 atom stereocenters. The van der Waals surface area contributed by atoms with E-state index in [2.05, 4.69) is 22.4 Å². The van der Waals surface area contributed by atoms with Gasteiger partial charge in [-0.15, -0.1) is 0 Å². The van der Waals surface area contributed by atoms with Gasteiger partial charge in [-0.25, -0.2) is 8.78 Å². The zero-order chi connectivity index (χ0) is 22.7. The summed E-state index contributed by atoms with van der Waals surface area (Å²) in [7, 11) is 0. The molecular weight excluding hydrogens is 430 g/mol. The minimum atomic E-state index is -0.383. The van der Waals surface area contributed by atoms with Crippen molar-refractivity contribution in [3.63, 3.8) is 0 Å². The SMILES string of the molecule is CCCCCN1C(=S)NC(c2ccc(F)cc2)C(c2nc(-c3cccc(F)c3)no2)=C1C. The molecule has 166 valence electrons. The van der Waals surface area contributed by atoms with E-state index in [-0.39, 0.29) is 17.7 Å². The molecule has 0 saturated heterocycles. The van der Waals surface area contributed by atoms with Crippen LogP contribution < -0.4 is 5.32 Å². The molecule has 0 saturated carbocycles. The average molecular weight is 455 g/mol. The van der Waals surface area contributed by atoms with Crippen molar-refractivity contribution in [3.8, 4) is 11.4 Å². The molecule has 0 aliphatic carbocycles. The van der Waals surface area contributed by atoms with E-state index in [9.17, 15) is 8.78 Å². The van der Waals surface area contributed by atoms with Gasteiger partial charge in [-0.1, -0.05) is 49.2 Å². The molecule has 1 unspecified atom stereocenters. The van der Waals surface area contributed by atoms with Crippen molar-refractivity contribution in [2.45, 2.75) is 39.2 Å². The third kappa shape index (κ3) is 4.55. The molecule has 4 rings (SSSR count). The number of nitrogens with zero attached hydrogens (tertiary/aromatic N) is 3. The van der Waals surface area contributed by atoms with Gasteiger partial charge in [-0.2, -0.15) is 4.98 Å². The van der Waals surface area contributed by atoms with E-state index in [0.29, 0.717) is 22.4 Å². The second kappa shape index (κ2) is 9.56. The number of nitrogens with one attached hydrogen (secondary N) is 1. The predicted octanol–water partition coefficient (Wildman–Crippen LogP) is 5.87. The normalized spacial score (nSPS) is 16.4. The largest absolute Gasteiger partial charge is 0.351 e. The van der Waals surface area contributed by atoms with Gasteiger partial charge in [0.2, 0.25) is 5.82 Å². The minimum Gasteiger partial charge on any atom is -0.351 e. The van der Waals surface area contributed by atoms with Gasteiger partial charge in [0.05, 0.1) is 11.6 Å². The van der Waals surface area contributed by atoms with E-state index in [4.69, 9.17) is 16.7 Å². The summed E-state index contributed by atoms with van der Waals surface area (Å²) in [6.45, 7) is 4.88. The Bertz CT molecular complexity index is 1140. The van der Waals surface area contributed by atoms with Crippen LogP contribution in [0.15, 0.2) is 58.8 Å². The van der Waals surface area contributed by atoms with Gasteiger partial charge in [0.25, 0.3) is 5.89 Å². The van der Waals surface area contributed by atoms with E-state index in [0.717, 1.165) is 42.6 Å². The third-order valence-electron chi connectivity index (χ3n) is 5.52. The van der Waals surface area contributed by atoms with Crippen LogP contribution in [0.5, 0.6) is 0 Å². The molecule has 8 heteroatoms. The zero-order valence-corrected chi connectivity index (χ0v) is 18.8. The molecule has 0 bridgehead atoms. The van der Waals surface area contributed by atoms with Crippen LogP contribution in [-0.2, 0) is 0 Å². The number of unbranched alkanes of at least 4 members (excludes halogenated alkanes) is 2. The maximum Gasteiger partial charge on any atom is 0.258 e. The zero-order valence-electron chi connectivity index (χ0n) is 17.9. The highest BCUT2D eigenvalue weighted by atomic mass is 32.1. The summed E-state index contributed by atoms with van der Waals surface area (Å²) in [6, 6.07) is 11.9. The molecule has 3 aromatic rings. The Hall–Kier alpha value is -3.13. The Morgan fingerprint density at radius 1 is 1.09 bits per heavy atom. The van der Waals surface area contributed by atoms with Crippen LogP contribution in [0.3, 0.4) is 0 Å². The van der Waals surface area contributed by atoms with E-state index < -0.39 is 0 Å². The lowest BCUT2D eigenvalue weighted by Crippen LogP contribution is -2.46. The number of hydrogen-bond acceptors (Lipinski definition) is 4. The van der Waals surface area contributed by atoms with Crippen LogP contribution in [-0.4, -0.2) is 26.7 Å². The summed E-state index contributed by atoms with van der Waals surface area (Å²) in [5.74, 6) is -0.0862. The Labute approximate surface area is 191 Å². The molecular formula is C24H24F2N4OS. The summed E-state index contributed by atoms with van der Waals surface area (Å²) in [6.07, 6.45) is 3.18. The Morgan fingerprint density at radius 3 is 2.59 bits per heavy atom. The van der Waals surface area contributed by atoms with Crippen molar-refractivity contribution in [1.29, 1.82) is 0 Å². The molecule has 0 spiro atoms. The fraction of sp³-hybridized carbons (Fsp3) is 0.292. The first-order valence-corrected chi connectivity index (χ1v) is 11.0. The molecule has 5 nitrogen and oxygen atoms in total. The highest BCUT2D eigenvalue weighted by molar-refractivity contribution is 7.80. The number of thiocarbonyl (C=S) groups is 1. The minimum absolute atomic E-state index is 0.295. The van der Waals surface area contributed by atoms with Gasteiger partial charge in [0, 0.05) is 17.8 Å². The summed E-state index contributed by atoms with van der Waals surface area (Å²) < 4.78 is 32.9. The van der Waals surface area contributed by atoms with Crippen molar-refractivity contribution < 1.29 is 13.3 Å². The number of halogens is 2. The van der Waals surface area contributed by atoms with Crippen LogP contribution >= 0.6 is 12.2 Å². The molecule has 1 aliphatic heterocycles. The second-order valence-electron chi connectivity index (χ2n) is 7.73. The lowest BCUT2D eigenvalue weighted by atomic mass is 9.94. The molecule has 2 heterocycles. The Balaban J connectivity index is 1.77. The standard InChI is InChI=1S/C24H24F2N4OS/c1-3-4-5-13-30-15(2)20(21(27-24(30)32)16-9-11-18(25)12-10-16)23-28-22(29-31-23)17-7-6-8-19(26)14-17/h6-12,14,21H,3-5,13H2,1-2H3,(H,27,32). The smallest absolute Gasteiger partial charge is 0.258 e. The number of rotatable bonds is 7. The lowest BCUT2D eigenvalue weighted by molar-refractivity contribution is 0.395. The summed E-state index contributed by atoms with van der Waals surface area (Å²) in [4.78, 5) is 6.59. The predicted molar refractivity (Wildman–Crippen MR) is 123 cm³/mol. The van der Waals surface area contributed by atoms with E-state index in [1.807, 2.05) is 11.8 Å². The van der Waals surface area contributed by atoms with Gasteiger partial charge < -0.3 is 14.7 Å². The topological polar surface area (TPSA) is 54.2 Å². The second-order valence-corrected chi connectivity index (χ2v) is 8.11. The fourth-order valence-corrected chi connectivity index (χ4v) is 4.18. The number of hydrogen-bond donors (Lipinski definition) is 1. The first-order valence-electron chi connectivity index (χ1n) is 10.6. The monoisotopic (exact) mass is 454 g/mol. The van der Waals surface area contributed by atoms with E-state index >= 15 is 0 Å². The molecule has 2 aromatic carbocycles. The Kier molecular flexibility index (Phi) is 6.60. The highest BCUT2D eigenvalue weighted by Crippen LogP contribution is 2.37. The lowest BCUT2D eigenvalue weighted by Gasteiger charge is -2.37. The first kappa shape index (κ1) is 22.1. The molecule has 1 aromatic heterocycles. The maximum absolute atomic E-state index is 13.7. The van der Waals surface area contributed by atoms with Gasteiger partial charge in [-0.3, -0.25) is 0 Å². The van der Waals surface area contributed by atoms with Crippen molar-refractivity contribution in [2.75, 3.05) is 6.54 Å². The van der Waals surface area contributed by atoms with Crippen LogP contribution in [0.4, 0.5) is 8.78 Å². The van der Waals surface area contributed by atoms with Crippen LogP contribution in [0, 0.1) is 11.6 Å². The third-order valence-corrected chi connectivity index (χ3v) is 5.86. The molecule has 0 radical (unpaired) electrons. The quantitative estimate of drug-likeness (QED) is 0.356. The van der Waals surface area contributed by atoms with Crippen LogP contribution in [0.2, 0.25) is 0 Å². The Morgan fingerprint density at radius 2 is 1.88 bits per heavy atom. The average Bonchev–Trinajstić information content (AvgIpc) is 3.26. The fourth-order valence-electron chi connectivity index (χ4n) is 3.83. The highest BCUT2D eigenvalue weighted by Gasteiger charge is 2.33. The molecule has 0 fully saturated rings. The van der Waals surface area contributed by atoms with E-state index in [1.54, 1.807) is 24.3 Å². The van der Waals surface area contributed by atoms with Crippen molar-refractivity contribution in [2.24, 2.45) is 0 Å². The van der Waals surface area contributed by atoms with Gasteiger partial charge >= 0.3 is 0 Å². The van der Waals surface area contributed by atoms with Crippen molar-refractivity contribution >= 4 is 22.9 Å². The summed E-state index contributed by atoms with van der Waals surface area (Å²) in [5.41, 5.74) is 3.00. The summed E-state index contributed by atoms with van der Waals surface area (Å²) >= 11 is 5.65. The number of benzene rings is 2. The first-order chi connectivity index (χ1) is 15.5. The molecule has 32 heavy (non-hydrogen) atoms. The molecule has 0 amide bonds. The van der Waals surface area contributed by atoms with Crippen LogP contribution in [0.25, 0.3) is 17.0 Å². The van der Waals surface area contributed by atoms with Gasteiger partial charge in [0.1, 0.15) is 11.6 Å². The molecule has 1 aliphatic rings.